The lowest BCUT2D eigenvalue weighted by Crippen LogP contribution is -2.40. The molecule has 0 spiro atoms. The van der Waals surface area contributed by atoms with Crippen LogP contribution in [0.25, 0.3) is 0 Å². The van der Waals surface area contributed by atoms with E-state index in [2.05, 4.69) is 9.97 Å². The molecule has 1 fully saturated rings. The van der Waals surface area contributed by atoms with Crippen molar-refractivity contribution in [1.82, 2.24) is 9.97 Å². The molecule has 0 radical (unpaired) electrons. The molecule has 0 aromatic carbocycles. The lowest BCUT2D eigenvalue weighted by atomic mass is 9.98. The van der Waals surface area contributed by atoms with Crippen LogP contribution < -0.4 is 9.64 Å². The van der Waals surface area contributed by atoms with Crippen molar-refractivity contribution in [2.24, 2.45) is 5.92 Å². The van der Waals surface area contributed by atoms with Crippen LogP contribution in [-0.2, 0) is 9.53 Å². The largest absolute Gasteiger partial charge is 0.481 e. The van der Waals surface area contributed by atoms with E-state index in [-0.39, 0.29) is 11.9 Å². The molecule has 0 N–H and O–H groups in total. The van der Waals surface area contributed by atoms with Crippen LogP contribution in [0.2, 0.25) is 0 Å². The predicted octanol–water partition coefficient (Wildman–Crippen LogP) is 1.26. The van der Waals surface area contributed by atoms with Gasteiger partial charge in [-0.3, -0.25) is 4.79 Å². The van der Waals surface area contributed by atoms with Crippen molar-refractivity contribution < 1.29 is 14.3 Å². The van der Waals surface area contributed by atoms with Gasteiger partial charge in [0.1, 0.15) is 0 Å². The zero-order valence-electron chi connectivity index (χ0n) is 11.3. The number of anilines is 1. The quantitative estimate of drug-likeness (QED) is 0.764. The molecule has 1 aliphatic rings. The second-order valence-corrected chi connectivity index (χ2v) is 4.44. The van der Waals surface area contributed by atoms with Crippen molar-refractivity contribution >= 4 is 11.9 Å². The van der Waals surface area contributed by atoms with E-state index in [1.165, 1.54) is 0 Å². The van der Waals surface area contributed by atoms with Crippen LogP contribution >= 0.6 is 0 Å². The first kappa shape index (κ1) is 13.6. The van der Waals surface area contributed by atoms with Crippen LogP contribution in [0.15, 0.2) is 12.3 Å². The number of piperidine rings is 1. The number of ether oxygens (including phenoxy) is 2. The minimum absolute atomic E-state index is 0.0940. The molecule has 104 valence electrons. The second kappa shape index (κ2) is 6.36. The Morgan fingerprint density at radius 1 is 1.58 bits per heavy atom. The number of nitrogens with zero attached hydrogens (tertiary/aromatic N) is 3. The standard InChI is InChI=1S/C13H19N3O3/c1-3-19-12(17)10-5-4-8-16(9-10)13-14-7-6-11(15-13)18-2/h6-7,10H,3-5,8-9H2,1-2H3. The Kier molecular flexibility index (Phi) is 4.54. The minimum atomic E-state index is -0.130. The minimum Gasteiger partial charge on any atom is -0.481 e. The summed E-state index contributed by atoms with van der Waals surface area (Å²) in [5, 5.41) is 0. The smallest absolute Gasteiger partial charge is 0.310 e. The molecule has 0 aliphatic carbocycles. The second-order valence-electron chi connectivity index (χ2n) is 4.44. The van der Waals surface area contributed by atoms with Crippen molar-refractivity contribution in [3.05, 3.63) is 12.3 Å². The van der Waals surface area contributed by atoms with Crippen molar-refractivity contribution in [2.75, 3.05) is 31.7 Å². The average Bonchev–Trinajstić information content (AvgIpc) is 2.48. The SMILES string of the molecule is CCOC(=O)C1CCCN(c2nccc(OC)n2)C1. The number of carbonyl (C=O) groups is 1. The number of carbonyl (C=O) groups excluding carboxylic acids is 1. The lowest BCUT2D eigenvalue weighted by Gasteiger charge is -2.31. The van der Waals surface area contributed by atoms with Gasteiger partial charge < -0.3 is 14.4 Å². The lowest BCUT2D eigenvalue weighted by molar-refractivity contribution is -0.148. The number of hydrogen-bond acceptors (Lipinski definition) is 6. The van der Waals surface area contributed by atoms with Crippen LogP contribution in [0.4, 0.5) is 5.95 Å². The summed E-state index contributed by atoms with van der Waals surface area (Å²) in [7, 11) is 1.57. The van der Waals surface area contributed by atoms with E-state index < -0.39 is 0 Å². The fraction of sp³-hybridized carbons (Fsp3) is 0.615. The van der Waals surface area contributed by atoms with Crippen molar-refractivity contribution in [3.63, 3.8) is 0 Å². The summed E-state index contributed by atoms with van der Waals surface area (Å²) in [5.74, 6) is 0.912. The third-order valence-corrected chi connectivity index (χ3v) is 3.15. The van der Waals surface area contributed by atoms with E-state index in [4.69, 9.17) is 9.47 Å². The highest BCUT2D eigenvalue weighted by molar-refractivity contribution is 5.73. The van der Waals surface area contributed by atoms with E-state index >= 15 is 0 Å². The topological polar surface area (TPSA) is 64.5 Å². The fourth-order valence-electron chi connectivity index (χ4n) is 2.21. The van der Waals surface area contributed by atoms with Gasteiger partial charge in [-0.15, -0.1) is 0 Å². The summed E-state index contributed by atoms with van der Waals surface area (Å²) in [6.07, 6.45) is 3.46. The van der Waals surface area contributed by atoms with Gasteiger partial charge in [0.25, 0.3) is 0 Å². The number of rotatable bonds is 4. The van der Waals surface area contributed by atoms with Gasteiger partial charge in [0.15, 0.2) is 0 Å². The van der Waals surface area contributed by atoms with Crippen LogP contribution in [0, 0.1) is 5.92 Å². The highest BCUT2D eigenvalue weighted by Crippen LogP contribution is 2.22. The summed E-state index contributed by atoms with van der Waals surface area (Å²) in [6, 6.07) is 1.70. The van der Waals surface area contributed by atoms with Crippen molar-refractivity contribution in [2.45, 2.75) is 19.8 Å². The van der Waals surface area contributed by atoms with Gasteiger partial charge >= 0.3 is 5.97 Å². The number of aromatic nitrogens is 2. The van der Waals surface area contributed by atoms with Gasteiger partial charge in [0.2, 0.25) is 11.8 Å². The molecule has 2 rings (SSSR count). The van der Waals surface area contributed by atoms with E-state index in [0.29, 0.717) is 25.0 Å². The van der Waals surface area contributed by atoms with E-state index in [0.717, 1.165) is 19.4 Å². The number of hydrogen-bond donors (Lipinski definition) is 0. The molecule has 6 nitrogen and oxygen atoms in total. The third-order valence-electron chi connectivity index (χ3n) is 3.15. The summed E-state index contributed by atoms with van der Waals surface area (Å²) < 4.78 is 10.2. The molecule has 19 heavy (non-hydrogen) atoms. The molecule has 0 amide bonds. The Morgan fingerprint density at radius 3 is 3.16 bits per heavy atom. The number of methoxy groups -OCH3 is 1. The van der Waals surface area contributed by atoms with Gasteiger partial charge in [-0.05, 0) is 19.8 Å². The van der Waals surface area contributed by atoms with Gasteiger partial charge in [-0.25, -0.2) is 4.98 Å². The zero-order valence-corrected chi connectivity index (χ0v) is 11.3. The summed E-state index contributed by atoms with van der Waals surface area (Å²) >= 11 is 0. The van der Waals surface area contributed by atoms with Gasteiger partial charge in [-0.2, -0.15) is 4.98 Å². The van der Waals surface area contributed by atoms with Gasteiger partial charge in [-0.1, -0.05) is 0 Å². The predicted molar refractivity (Wildman–Crippen MR) is 70.2 cm³/mol. The maximum absolute atomic E-state index is 11.8. The Bertz CT molecular complexity index is 439. The molecular formula is C13H19N3O3. The Balaban J connectivity index is 2.05. The number of esters is 1. The van der Waals surface area contributed by atoms with Gasteiger partial charge in [0.05, 0.1) is 19.6 Å². The molecule has 1 aromatic heterocycles. The van der Waals surface area contributed by atoms with E-state index in [1.54, 1.807) is 19.4 Å². The molecular weight excluding hydrogens is 246 g/mol. The van der Waals surface area contributed by atoms with E-state index in [9.17, 15) is 4.79 Å². The fourth-order valence-corrected chi connectivity index (χ4v) is 2.21. The first-order valence-corrected chi connectivity index (χ1v) is 6.53. The molecule has 1 aliphatic heterocycles. The molecule has 6 heteroatoms. The normalized spacial score (nSPS) is 19.1. The summed E-state index contributed by atoms with van der Waals surface area (Å²) in [6.45, 7) is 3.70. The first-order chi connectivity index (χ1) is 9.24. The monoisotopic (exact) mass is 265 g/mol. The Hall–Kier alpha value is -1.85. The van der Waals surface area contributed by atoms with E-state index in [1.807, 2.05) is 11.8 Å². The Labute approximate surface area is 112 Å². The molecule has 1 unspecified atom stereocenters. The summed E-state index contributed by atoms with van der Waals surface area (Å²) in [5.41, 5.74) is 0. The van der Waals surface area contributed by atoms with Gasteiger partial charge in [0, 0.05) is 25.4 Å². The van der Waals surface area contributed by atoms with Crippen molar-refractivity contribution in [3.8, 4) is 5.88 Å². The highest BCUT2D eigenvalue weighted by atomic mass is 16.5. The van der Waals surface area contributed by atoms with Crippen molar-refractivity contribution in [1.29, 1.82) is 0 Å². The average molecular weight is 265 g/mol. The maximum Gasteiger partial charge on any atom is 0.310 e. The van der Waals surface area contributed by atoms with Crippen LogP contribution in [0.5, 0.6) is 5.88 Å². The zero-order chi connectivity index (χ0) is 13.7. The molecule has 0 bridgehead atoms. The summed E-state index contributed by atoms with van der Waals surface area (Å²) in [4.78, 5) is 22.3. The van der Waals surface area contributed by atoms with Crippen LogP contribution in [-0.4, -0.2) is 42.7 Å². The molecule has 1 atom stereocenters. The molecule has 1 aromatic rings. The molecule has 0 saturated carbocycles. The van der Waals surface area contributed by atoms with Crippen LogP contribution in [0.1, 0.15) is 19.8 Å². The maximum atomic E-state index is 11.8. The Morgan fingerprint density at radius 2 is 2.42 bits per heavy atom. The third kappa shape index (κ3) is 3.33. The highest BCUT2D eigenvalue weighted by Gasteiger charge is 2.28. The molecule has 2 heterocycles. The molecule has 1 saturated heterocycles. The van der Waals surface area contributed by atoms with Crippen LogP contribution in [0.3, 0.4) is 0 Å². The first-order valence-electron chi connectivity index (χ1n) is 6.53.